The first-order chi connectivity index (χ1) is 13.5. The van der Waals surface area contributed by atoms with Gasteiger partial charge in [-0.2, -0.15) is 0 Å². The average molecular weight is 425 g/mol. The monoisotopic (exact) mass is 424 g/mol. The quantitative estimate of drug-likeness (QED) is 0.730. The maximum absolute atomic E-state index is 12.7. The van der Waals surface area contributed by atoms with E-state index in [0.717, 1.165) is 43.9 Å². The van der Waals surface area contributed by atoms with Crippen molar-refractivity contribution in [1.82, 2.24) is 15.1 Å². The summed E-state index contributed by atoms with van der Waals surface area (Å²) in [6.45, 7) is 8.85. The number of nitrogens with zero attached hydrogens (tertiary/aromatic N) is 2. The molecule has 0 spiro atoms. The van der Waals surface area contributed by atoms with Crippen molar-refractivity contribution in [2.75, 3.05) is 51.2 Å². The van der Waals surface area contributed by atoms with E-state index in [1.54, 1.807) is 0 Å². The van der Waals surface area contributed by atoms with Crippen molar-refractivity contribution in [1.29, 1.82) is 0 Å². The first-order valence-corrected chi connectivity index (χ1v) is 10.3. The zero-order valence-corrected chi connectivity index (χ0v) is 18.2. The average Bonchev–Trinajstić information content (AvgIpc) is 2.70. The molecule has 0 unspecified atom stereocenters. The number of halogens is 1. The van der Waals surface area contributed by atoms with E-state index in [0.29, 0.717) is 32.3 Å². The number of benzene rings is 1. The summed E-state index contributed by atoms with van der Waals surface area (Å²) in [5, 5.41) is 6.32. The Kier molecular flexibility index (Phi) is 9.20. The second-order valence-electron chi connectivity index (χ2n) is 7.68. The molecule has 2 heterocycles. The van der Waals surface area contributed by atoms with Crippen LogP contribution in [0.2, 0.25) is 0 Å². The molecule has 2 aliphatic heterocycles. The molecule has 7 nitrogen and oxygen atoms in total. The predicted molar refractivity (Wildman–Crippen MR) is 117 cm³/mol. The third-order valence-corrected chi connectivity index (χ3v) is 5.47. The minimum atomic E-state index is -0.0314. The third-order valence-electron chi connectivity index (χ3n) is 5.47. The van der Waals surface area contributed by atoms with Gasteiger partial charge in [0.05, 0.1) is 13.2 Å². The van der Waals surface area contributed by atoms with Gasteiger partial charge in [0.15, 0.2) is 0 Å². The van der Waals surface area contributed by atoms with E-state index in [2.05, 4.69) is 22.5 Å². The zero-order valence-electron chi connectivity index (χ0n) is 17.4. The van der Waals surface area contributed by atoms with Gasteiger partial charge in [0.25, 0.3) is 0 Å². The molecule has 1 aromatic carbocycles. The van der Waals surface area contributed by atoms with E-state index >= 15 is 0 Å². The largest absolute Gasteiger partial charge is 0.494 e. The van der Waals surface area contributed by atoms with Gasteiger partial charge < -0.3 is 20.3 Å². The van der Waals surface area contributed by atoms with E-state index in [1.807, 2.05) is 36.1 Å². The SMILES string of the molecule is CCOc1ccc(NC(=O)CN2CCN(C(=O)[C@H]3CCN[C@@H](C)C3)CC2)cc1.Cl. The van der Waals surface area contributed by atoms with Crippen LogP contribution in [0.15, 0.2) is 24.3 Å². The number of piperidine rings is 1. The lowest BCUT2D eigenvalue weighted by atomic mass is 9.92. The molecule has 2 N–H and O–H groups in total. The first kappa shape index (κ1) is 23.4. The molecular formula is C21H33ClN4O3. The van der Waals surface area contributed by atoms with Gasteiger partial charge in [0, 0.05) is 43.8 Å². The lowest BCUT2D eigenvalue weighted by Crippen LogP contribution is -2.53. The van der Waals surface area contributed by atoms with Gasteiger partial charge in [-0.05, 0) is 57.5 Å². The van der Waals surface area contributed by atoms with Crippen LogP contribution in [0.4, 0.5) is 5.69 Å². The Morgan fingerprint density at radius 1 is 1.17 bits per heavy atom. The standard InChI is InChI=1S/C21H32N4O3.ClH/c1-3-28-19-6-4-18(5-7-19)23-20(26)15-24-10-12-25(13-11-24)21(27)17-8-9-22-16(2)14-17;/h4-7,16-17,22H,3,8-15H2,1-2H3,(H,23,26);1H/t16-,17-;/m0./s1. The summed E-state index contributed by atoms with van der Waals surface area (Å²) in [7, 11) is 0. The zero-order chi connectivity index (χ0) is 19.9. The Balaban J connectivity index is 0.00000300. The molecule has 2 saturated heterocycles. The van der Waals surface area contributed by atoms with E-state index < -0.39 is 0 Å². The molecule has 29 heavy (non-hydrogen) atoms. The Hall–Kier alpha value is -1.83. The van der Waals surface area contributed by atoms with E-state index in [-0.39, 0.29) is 30.1 Å². The second-order valence-corrected chi connectivity index (χ2v) is 7.68. The summed E-state index contributed by atoms with van der Waals surface area (Å²) in [6.07, 6.45) is 1.84. The van der Waals surface area contributed by atoms with Crippen LogP contribution in [-0.2, 0) is 9.59 Å². The van der Waals surface area contributed by atoms with Crippen LogP contribution in [0, 0.1) is 5.92 Å². The number of hydrogen-bond acceptors (Lipinski definition) is 5. The van der Waals surface area contributed by atoms with Crippen LogP contribution in [0.1, 0.15) is 26.7 Å². The number of piperazine rings is 1. The number of carbonyl (C=O) groups excluding carboxylic acids is 2. The second kappa shape index (κ2) is 11.4. The highest BCUT2D eigenvalue weighted by atomic mass is 35.5. The molecule has 0 saturated carbocycles. The molecule has 8 heteroatoms. The summed E-state index contributed by atoms with van der Waals surface area (Å²) in [6, 6.07) is 7.81. The molecule has 0 aliphatic carbocycles. The Labute approximate surface area is 179 Å². The van der Waals surface area contributed by atoms with E-state index in [1.165, 1.54) is 0 Å². The fourth-order valence-electron chi connectivity index (χ4n) is 3.95. The van der Waals surface area contributed by atoms with Crippen molar-refractivity contribution in [2.45, 2.75) is 32.7 Å². The normalized spacial score (nSPS) is 22.5. The van der Waals surface area contributed by atoms with Crippen LogP contribution in [0.25, 0.3) is 0 Å². The van der Waals surface area contributed by atoms with Crippen LogP contribution in [0.3, 0.4) is 0 Å². The fraction of sp³-hybridized carbons (Fsp3) is 0.619. The van der Waals surface area contributed by atoms with Gasteiger partial charge in [-0.15, -0.1) is 12.4 Å². The molecule has 0 radical (unpaired) electrons. The van der Waals surface area contributed by atoms with Crippen molar-refractivity contribution in [3.63, 3.8) is 0 Å². The van der Waals surface area contributed by atoms with Crippen molar-refractivity contribution in [2.24, 2.45) is 5.92 Å². The molecule has 1 aromatic rings. The summed E-state index contributed by atoms with van der Waals surface area (Å²) in [5.74, 6) is 1.19. The summed E-state index contributed by atoms with van der Waals surface area (Å²) in [4.78, 5) is 29.1. The summed E-state index contributed by atoms with van der Waals surface area (Å²) >= 11 is 0. The maximum Gasteiger partial charge on any atom is 0.238 e. The number of amides is 2. The van der Waals surface area contributed by atoms with Crippen LogP contribution < -0.4 is 15.4 Å². The van der Waals surface area contributed by atoms with Gasteiger partial charge in [0.1, 0.15) is 5.75 Å². The van der Waals surface area contributed by atoms with Crippen molar-refractivity contribution < 1.29 is 14.3 Å². The summed E-state index contributed by atoms with van der Waals surface area (Å²) < 4.78 is 5.41. The van der Waals surface area contributed by atoms with Crippen molar-refractivity contribution in [3.05, 3.63) is 24.3 Å². The van der Waals surface area contributed by atoms with Crippen molar-refractivity contribution >= 4 is 29.9 Å². The molecule has 2 fully saturated rings. The lowest BCUT2D eigenvalue weighted by molar-refractivity contribution is -0.138. The Morgan fingerprint density at radius 2 is 1.86 bits per heavy atom. The van der Waals surface area contributed by atoms with E-state index in [9.17, 15) is 9.59 Å². The Bertz CT molecular complexity index is 662. The van der Waals surface area contributed by atoms with Gasteiger partial charge in [-0.1, -0.05) is 0 Å². The molecule has 2 amide bonds. The fourth-order valence-corrected chi connectivity index (χ4v) is 3.95. The first-order valence-electron chi connectivity index (χ1n) is 10.3. The Morgan fingerprint density at radius 3 is 2.48 bits per heavy atom. The number of rotatable bonds is 6. The topological polar surface area (TPSA) is 73.9 Å². The molecule has 3 rings (SSSR count). The maximum atomic E-state index is 12.7. The lowest BCUT2D eigenvalue weighted by Gasteiger charge is -2.37. The minimum absolute atomic E-state index is 0. The minimum Gasteiger partial charge on any atom is -0.494 e. The number of nitrogens with one attached hydrogen (secondary N) is 2. The molecule has 162 valence electrons. The molecule has 0 bridgehead atoms. The van der Waals surface area contributed by atoms with Gasteiger partial charge in [-0.3, -0.25) is 14.5 Å². The van der Waals surface area contributed by atoms with Crippen molar-refractivity contribution in [3.8, 4) is 5.75 Å². The summed E-state index contributed by atoms with van der Waals surface area (Å²) in [5.41, 5.74) is 0.766. The highest BCUT2D eigenvalue weighted by Gasteiger charge is 2.30. The van der Waals surface area contributed by atoms with Gasteiger partial charge in [-0.25, -0.2) is 0 Å². The highest BCUT2D eigenvalue weighted by Crippen LogP contribution is 2.20. The number of hydrogen-bond donors (Lipinski definition) is 2. The predicted octanol–water partition coefficient (Wildman–Crippen LogP) is 1.98. The van der Waals surface area contributed by atoms with Crippen LogP contribution in [-0.4, -0.2) is 73.5 Å². The van der Waals surface area contributed by atoms with E-state index in [4.69, 9.17) is 4.74 Å². The smallest absolute Gasteiger partial charge is 0.238 e. The number of anilines is 1. The molecule has 2 aliphatic rings. The van der Waals surface area contributed by atoms with Gasteiger partial charge >= 0.3 is 0 Å². The molecule has 0 aromatic heterocycles. The number of carbonyl (C=O) groups is 2. The van der Waals surface area contributed by atoms with Crippen LogP contribution in [0.5, 0.6) is 5.75 Å². The van der Waals surface area contributed by atoms with Gasteiger partial charge in [0.2, 0.25) is 11.8 Å². The van der Waals surface area contributed by atoms with Crippen LogP contribution >= 0.6 is 12.4 Å². The molecular weight excluding hydrogens is 392 g/mol. The molecule has 2 atom stereocenters. The number of ether oxygens (including phenoxy) is 1. The highest BCUT2D eigenvalue weighted by molar-refractivity contribution is 5.92. The third kappa shape index (κ3) is 6.87.